The minimum absolute atomic E-state index is 0.475. The summed E-state index contributed by atoms with van der Waals surface area (Å²) < 4.78 is 1.68. The Morgan fingerprint density at radius 2 is 2.07 bits per heavy atom. The fraction of sp³-hybridized carbons (Fsp3) is 0.111. The van der Waals surface area contributed by atoms with Crippen molar-refractivity contribution in [3.63, 3.8) is 0 Å². The van der Waals surface area contributed by atoms with E-state index in [1.54, 1.807) is 16.9 Å². The monoisotopic (exact) mass is 189 g/mol. The van der Waals surface area contributed by atoms with Crippen molar-refractivity contribution in [2.24, 2.45) is 7.05 Å². The van der Waals surface area contributed by atoms with E-state index >= 15 is 0 Å². The van der Waals surface area contributed by atoms with Crippen LogP contribution in [0.2, 0.25) is 0 Å². The lowest BCUT2D eigenvalue weighted by Gasteiger charge is -2.03. The summed E-state index contributed by atoms with van der Waals surface area (Å²) in [6, 6.07) is 5.42. The SMILES string of the molecule is Cn1ncc(N)c1-c1cccc(N)n1. The number of nitrogen functional groups attached to an aromatic ring is 2. The van der Waals surface area contributed by atoms with Crippen molar-refractivity contribution in [2.45, 2.75) is 0 Å². The first-order chi connectivity index (χ1) is 6.68. The molecule has 2 aromatic rings. The lowest BCUT2D eigenvalue weighted by atomic mass is 10.2. The van der Waals surface area contributed by atoms with Crippen molar-refractivity contribution < 1.29 is 0 Å². The molecule has 2 heterocycles. The van der Waals surface area contributed by atoms with Gasteiger partial charge in [0, 0.05) is 7.05 Å². The average Bonchev–Trinajstić information content (AvgIpc) is 2.46. The molecule has 0 amide bonds. The van der Waals surface area contributed by atoms with Crippen LogP contribution in [0.5, 0.6) is 0 Å². The van der Waals surface area contributed by atoms with E-state index in [4.69, 9.17) is 11.5 Å². The lowest BCUT2D eigenvalue weighted by molar-refractivity contribution is 0.773. The maximum Gasteiger partial charge on any atom is 0.124 e. The largest absolute Gasteiger partial charge is 0.396 e. The molecule has 0 aliphatic rings. The van der Waals surface area contributed by atoms with Gasteiger partial charge in [-0.05, 0) is 12.1 Å². The zero-order valence-electron chi connectivity index (χ0n) is 7.81. The summed E-state index contributed by atoms with van der Waals surface area (Å²) in [6.07, 6.45) is 1.60. The van der Waals surface area contributed by atoms with Crippen LogP contribution in [0.4, 0.5) is 11.5 Å². The molecule has 5 heteroatoms. The van der Waals surface area contributed by atoms with Crippen molar-refractivity contribution in [2.75, 3.05) is 11.5 Å². The fourth-order valence-corrected chi connectivity index (χ4v) is 1.35. The van der Waals surface area contributed by atoms with Gasteiger partial charge in [-0.25, -0.2) is 4.98 Å². The Bertz CT molecular complexity index is 440. The van der Waals surface area contributed by atoms with Crippen molar-refractivity contribution in [3.05, 3.63) is 24.4 Å². The molecule has 0 spiro atoms. The van der Waals surface area contributed by atoms with E-state index in [2.05, 4.69) is 10.1 Å². The molecule has 0 fully saturated rings. The van der Waals surface area contributed by atoms with Gasteiger partial charge in [-0.2, -0.15) is 5.10 Å². The van der Waals surface area contributed by atoms with E-state index in [9.17, 15) is 0 Å². The minimum atomic E-state index is 0.475. The maximum absolute atomic E-state index is 5.76. The number of nitrogens with zero attached hydrogens (tertiary/aromatic N) is 3. The van der Waals surface area contributed by atoms with Gasteiger partial charge in [0.1, 0.15) is 11.5 Å². The minimum Gasteiger partial charge on any atom is -0.396 e. The molecule has 0 aliphatic heterocycles. The standard InChI is InChI=1S/C9H11N5/c1-14-9(6(10)5-12-14)7-3-2-4-8(11)13-7/h2-5H,10H2,1H3,(H2,11,13). The number of hydrogen-bond donors (Lipinski definition) is 2. The number of anilines is 2. The summed E-state index contributed by atoms with van der Waals surface area (Å²) in [5.74, 6) is 0.475. The molecule has 2 aromatic heterocycles. The second-order valence-corrected chi connectivity index (χ2v) is 3.02. The van der Waals surface area contributed by atoms with Crippen LogP contribution in [0.25, 0.3) is 11.4 Å². The molecule has 72 valence electrons. The highest BCUT2D eigenvalue weighted by Gasteiger charge is 2.09. The average molecular weight is 189 g/mol. The number of nitrogens with two attached hydrogens (primary N) is 2. The molecule has 0 saturated carbocycles. The van der Waals surface area contributed by atoms with Gasteiger partial charge in [-0.1, -0.05) is 6.07 Å². The van der Waals surface area contributed by atoms with Gasteiger partial charge in [-0.3, -0.25) is 4.68 Å². The number of aryl methyl sites for hydroxylation is 1. The topological polar surface area (TPSA) is 82.8 Å². The van der Waals surface area contributed by atoms with E-state index in [-0.39, 0.29) is 0 Å². The Labute approximate surface area is 81.4 Å². The van der Waals surface area contributed by atoms with Gasteiger partial charge in [-0.15, -0.1) is 0 Å². The summed E-state index contributed by atoms with van der Waals surface area (Å²) in [7, 11) is 1.82. The Morgan fingerprint density at radius 1 is 1.29 bits per heavy atom. The molecule has 0 radical (unpaired) electrons. The number of pyridine rings is 1. The summed E-state index contributed by atoms with van der Waals surface area (Å²) in [6.45, 7) is 0. The van der Waals surface area contributed by atoms with E-state index in [1.165, 1.54) is 0 Å². The molecule has 0 atom stereocenters. The number of aromatic nitrogens is 3. The van der Waals surface area contributed by atoms with Crippen LogP contribution in [0.15, 0.2) is 24.4 Å². The highest BCUT2D eigenvalue weighted by Crippen LogP contribution is 2.23. The summed E-state index contributed by atoms with van der Waals surface area (Å²) >= 11 is 0. The van der Waals surface area contributed by atoms with Crippen LogP contribution in [0.1, 0.15) is 0 Å². The van der Waals surface area contributed by atoms with Crippen molar-refractivity contribution in [3.8, 4) is 11.4 Å². The van der Waals surface area contributed by atoms with Gasteiger partial charge in [0.05, 0.1) is 17.6 Å². The van der Waals surface area contributed by atoms with Crippen LogP contribution in [0, 0.1) is 0 Å². The van der Waals surface area contributed by atoms with Gasteiger partial charge in [0.2, 0.25) is 0 Å². The van der Waals surface area contributed by atoms with E-state index in [0.717, 1.165) is 11.4 Å². The van der Waals surface area contributed by atoms with Gasteiger partial charge < -0.3 is 11.5 Å². The van der Waals surface area contributed by atoms with Crippen molar-refractivity contribution in [1.29, 1.82) is 0 Å². The molecule has 0 saturated heterocycles. The highest BCUT2D eigenvalue weighted by molar-refractivity contribution is 5.70. The molecule has 0 aromatic carbocycles. The highest BCUT2D eigenvalue weighted by atomic mass is 15.3. The second-order valence-electron chi connectivity index (χ2n) is 3.02. The van der Waals surface area contributed by atoms with Crippen LogP contribution in [0.3, 0.4) is 0 Å². The van der Waals surface area contributed by atoms with E-state index in [1.807, 2.05) is 19.2 Å². The summed E-state index contributed by atoms with van der Waals surface area (Å²) in [4.78, 5) is 4.17. The van der Waals surface area contributed by atoms with Crippen LogP contribution in [-0.4, -0.2) is 14.8 Å². The van der Waals surface area contributed by atoms with Crippen LogP contribution < -0.4 is 11.5 Å². The molecule has 0 bridgehead atoms. The summed E-state index contributed by atoms with van der Waals surface area (Å²) in [5, 5.41) is 4.03. The van der Waals surface area contributed by atoms with Crippen LogP contribution in [-0.2, 0) is 7.05 Å². The Kier molecular flexibility index (Phi) is 1.85. The van der Waals surface area contributed by atoms with Crippen molar-refractivity contribution >= 4 is 11.5 Å². The first kappa shape index (κ1) is 8.55. The predicted octanol–water partition coefficient (Wildman–Crippen LogP) is 0.647. The molecule has 2 rings (SSSR count). The third-order valence-electron chi connectivity index (χ3n) is 1.98. The molecular formula is C9H11N5. The van der Waals surface area contributed by atoms with Crippen LogP contribution >= 0.6 is 0 Å². The first-order valence-corrected chi connectivity index (χ1v) is 4.19. The lowest BCUT2D eigenvalue weighted by Crippen LogP contribution is -1.99. The number of rotatable bonds is 1. The normalized spacial score (nSPS) is 10.4. The Hall–Kier alpha value is -2.04. The molecule has 0 unspecified atom stereocenters. The maximum atomic E-state index is 5.76. The molecule has 5 nitrogen and oxygen atoms in total. The van der Waals surface area contributed by atoms with Gasteiger partial charge in [0.25, 0.3) is 0 Å². The predicted molar refractivity (Wildman–Crippen MR) is 55.3 cm³/mol. The van der Waals surface area contributed by atoms with Gasteiger partial charge >= 0.3 is 0 Å². The zero-order chi connectivity index (χ0) is 10.1. The third-order valence-corrected chi connectivity index (χ3v) is 1.98. The smallest absolute Gasteiger partial charge is 0.124 e. The molecular weight excluding hydrogens is 178 g/mol. The fourth-order valence-electron chi connectivity index (χ4n) is 1.35. The summed E-state index contributed by atoms with van der Waals surface area (Å²) in [5.41, 5.74) is 13.5. The third kappa shape index (κ3) is 1.28. The first-order valence-electron chi connectivity index (χ1n) is 4.19. The zero-order valence-corrected chi connectivity index (χ0v) is 7.81. The van der Waals surface area contributed by atoms with E-state index in [0.29, 0.717) is 11.5 Å². The molecule has 0 aliphatic carbocycles. The molecule has 4 N–H and O–H groups in total. The van der Waals surface area contributed by atoms with Crippen molar-refractivity contribution in [1.82, 2.24) is 14.8 Å². The molecule has 14 heavy (non-hydrogen) atoms. The second kappa shape index (κ2) is 3.02. The Morgan fingerprint density at radius 3 is 2.64 bits per heavy atom. The quantitative estimate of drug-likeness (QED) is 0.689. The Balaban J connectivity index is 2.59. The van der Waals surface area contributed by atoms with E-state index < -0.39 is 0 Å². The number of hydrogen-bond acceptors (Lipinski definition) is 4. The van der Waals surface area contributed by atoms with Gasteiger partial charge in [0.15, 0.2) is 0 Å².